The Kier molecular flexibility index (Phi) is 5.25. The number of nitrogens with one attached hydrogen (secondary N) is 2. The first-order chi connectivity index (χ1) is 10.6. The molecule has 22 heavy (non-hydrogen) atoms. The van der Waals surface area contributed by atoms with Crippen LogP contribution in [0.3, 0.4) is 0 Å². The van der Waals surface area contributed by atoms with Gasteiger partial charge in [0.15, 0.2) is 5.78 Å². The van der Waals surface area contributed by atoms with E-state index in [-0.39, 0.29) is 11.7 Å². The molecule has 0 saturated carbocycles. The number of carbonyl (C=O) groups excluding carboxylic acids is 2. The number of rotatable bonds is 6. The fraction of sp³-hybridized carbons (Fsp3) is 0.235. The first-order valence-corrected chi connectivity index (χ1v) is 7.21. The molecule has 5 heteroatoms. The summed E-state index contributed by atoms with van der Waals surface area (Å²) in [6, 6.07) is 8.62. The molecular formula is C17H19N3O2. The first-order valence-electron chi connectivity index (χ1n) is 7.21. The summed E-state index contributed by atoms with van der Waals surface area (Å²) in [5.41, 5.74) is 2.43. The highest BCUT2D eigenvalue weighted by Gasteiger charge is 2.08. The molecule has 1 aromatic carbocycles. The van der Waals surface area contributed by atoms with Gasteiger partial charge in [-0.3, -0.25) is 14.6 Å². The Morgan fingerprint density at radius 1 is 1.09 bits per heavy atom. The van der Waals surface area contributed by atoms with Crippen molar-refractivity contribution in [3.05, 3.63) is 53.9 Å². The van der Waals surface area contributed by atoms with E-state index in [4.69, 9.17) is 0 Å². The molecule has 5 nitrogen and oxygen atoms in total. The summed E-state index contributed by atoms with van der Waals surface area (Å²) in [6.07, 6.45) is 4.19. The van der Waals surface area contributed by atoms with Gasteiger partial charge in [0.25, 0.3) is 5.91 Å². The molecule has 0 spiro atoms. The number of nitrogens with zero attached hydrogens (tertiary/aromatic N) is 1. The molecule has 114 valence electrons. The maximum Gasteiger partial charge on any atom is 0.257 e. The minimum Gasteiger partial charge on any atom is -0.384 e. The van der Waals surface area contributed by atoms with Crippen molar-refractivity contribution in [2.75, 3.05) is 17.2 Å². The Balaban J connectivity index is 2.12. The summed E-state index contributed by atoms with van der Waals surface area (Å²) in [5.74, 6) is -0.295. The predicted octanol–water partition coefficient (Wildman–Crippen LogP) is 3.36. The van der Waals surface area contributed by atoms with Crippen molar-refractivity contribution in [1.82, 2.24) is 4.98 Å². The summed E-state index contributed by atoms with van der Waals surface area (Å²) >= 11 is 0. The van der Waals surface area contributed by atoms with Crippen LogP contribution in [0.25, 0.3) is 0 Å². The number of benzene rings is 1. The number of hydrogen-bond donors (Lipinski definition) is 2. The van der Waals surface area contributed by atoms with Crippen molar-refractivity contribution in [2.24, 2.45) is 0 Å². The van der Waals surface area contributed by atoms with Gasteiger partial charge in [-0.15, -0.1) is 0 Å². The van der Waals surface area contributed by atoms with E-state index in [0.717, 1.165) is 18.7 Å². The molecule has 0 aliphatic carbocycles. The fourth-order valence-corrected chi connectivity index (χ4v) is 1.95. The number of amides is 1. The molecule has 0 aliphatic heterocycles. The largest absolute Gasteiger partial charge is 0.384 e. The Morgan fingerprint density at radius 2 is 1.86 bits per heavy atom. The van der Waals surface area contributed by atoms with Crippen molar-refractivity contribution in [1.29, 1.82) is 0 Å². The maximum absolute atomic E-state index is 12.3. The smallest absolute Gasteiger partial charge is 0.257 e. The Morgan fingerprint density at radius 3 is 2.59 bits per heavy atom. The van der Waals surface area contributed by atoms with Crippen molar-refractivity contribution < 1.29 is 9.59 Å². The lowest BCUT2D eigenvalue weighted by atomic mass is 10.1. The standard InChI is InChI=1S/C17H19N3O2/c1-3-7-19-16-9-14(10-18-11-16)17(22)20-15-6-4-5-13(8-15)12(2)21/h4-6,8-11,19H,3,7H2,1-2H3,(H,20,22). The number of hydrogen-bond acceptors (Lipinski definition) is 4. The van der Waals surface area contributed by atoms with Gasteiger partial charge in [-0.1, -0.05) is 19.1 Å². The average Bonchev–Trinajstić information content (AvgIpc) is 2.53. The van der Waals surface area contributed by atoms with Crippen molar-refractivity contribution in [3.63, 3.8) is 0 Å². The molecule has 0 saturated heterocycles. The van der Waals surface area contributed by atoms with Crippen LogP contribution in [0.15, 0.2) is 42.7 Å². The molecule has 2 rings (SSSR count). The van der Waals surface area contributed by atoms with Crippen molar-refractivity contribution in [2.45, 2.75) is 20.3 Å². The van der Waals surface area contributed by atoms with E-state index in [9.17, 15) is 9.59 Å². The lowest BCUT2D eigenvalue weighted by molar-refractivity contribution is 0.101. The molecule has 1 heterocycles. The monoisotopic (exact) mass is 297 g/mol. The number of aromatic nitrogens is 1. The van der Waals surface area contributed by atoms with E-state index in [0.29, 0.717) is 16.8 Å². The molecule has 1 aromatic heterocycles. The minimum absolute atomic E-state index is 0.0384. The van der Waals surface area contributed by atoms with E-state index < -0.39 is 0 Å². The molecule has 0 aliphatic rings. The highest BCUT2D eigenvalue weighted by molar-refractivity contribution is 6.05. The van der Waals surface area contributed by atoms with Gasteiger partial charge >= 0.3 is 0 Å². The summed E-state index contributed by atoms with van der Waals surface area (Å²) in [6.45, 7) is 4.39. The van der Waals surface area contributed by atoms with Gasteiger partial charge < -0.3 is 10.6 Å². The van der Waals surface area contributed by atoms with E-state index in [2.05, 4.69) is 22.5 Å². The fourth-order valence-electron chi connectivity index (χ4n) is 1.95. The van der Waals surface area contributed by atoms with E-state index in [1.54, 1.807) is 36.5 Å². The van der Waals surface area contributed by atoms with Crippen molar-refractivity contribution in [3.8, 4) is 0 Å². The number of anilines is 2. The van der Waals surface area contributed by atoms with Crippen LogP contribution >= 0.6 is 0 Å². The van der Waals surface area contributed by atoms with Crippen molar-refractivity contribution >= 4 is 23.1 Å². The van der Waals surface area contributed by atoms with E-state index in [1.807, 2.05) is 0 Å². The second-order valence-corrected chi connectivity index (χ2v) is 4.98. The normalized spacial score (nSPS) is 10.1. The van der Waals surface area contributed by atoms with Crippen LogP contribution in [0.2, 0.25) is 0 Å². The summed E-state index contributed by atoms with van der Waals surface area (Å²) in [7, 11) is 0. The van der Waals surface area contributed by atoms with Gasteiger partial charge in [0.2, 0.25) is 0 Å². The first kappa shape index (κ1) is 15.7. The number of Topliss-reactive ketones (excluding diaryl/α,β-unsaturated/α-hetero) is 1. The van der Waals surface area contributed by atoms with Crippen LogP contribution in [-0.2, 0) is 0 Å². The third-order valence-corrected chi connectivity index (χ3v) is 3.11. The Bertz CT molecular complexity index is 683. The zero-order valence-electron chi connectivity index (χ0n) is 12.7. The third-order valence-electron chi connectivity index (χ3n) is 3.11. The lowest BCUT2D eigenvalue weighted by Crippen LogP contribution is -2.13. The second-order valence-electron chi connectivity index (χ2n) is 4.98. The lowest BCUT2D eigenvalue weighted by Gasteiger charge is -2.08. The number of carbonyl (C=O) groups is 2. The molecular weight excluding hydrogens is 278 g/mol. The van der Waals surface area contributed by atoms with Crippen LogP contribution in [0.1, 0.15) is 41.0 Å². The zero-order valence-corrected chi connectivity index (χ0v) is 12.7. The number of ketones is 1. The second kappa shape index (κ2) is 7.36. The molecule has 1 amide bonds. The Hall–Kier alpha value is -2.69. The van der Waals surface area contributed by atoms with Gasteiger partial charge in [0.05, 0.1) is 11.3 Å². The molecule has 2 aromatic rings. The minimum atomic E-state index is -0.256. The third kappa shape index (κ3) is 4.15. The molecule has 2 N–H and O–H groups in total. The SMILES string of the molecule is CCCNc1cncc(C(=O)Nc2cccc(C(C)=O)c2)c1. The van der Waals surface area contributed by atoms with Crippen LogP contribution in [-0.4, -0.2) is 23.2 Å². The van der Waals surface area contributed by atoms with Gasteiger partial charge in [-0.05, 0) is 31.5 Å². The quantitative estimate of drug-likeness (QED) is 0.802. The predicted molar refractivity (Wildman–Crippen MR) is 87.4 cm³/mol. The summed E-state index contributed by atoms with van der Waals surface area (Å²) in [5, 5.41) is 5.97. The van der Waals surface area contributed by atoms with Gasteiger partial charge in [-0.2, -0.15) is 0 Å². The summed E-state index contributed by atoms with van der Waals surface area (Å²) in [4.78, 5) is 27.7. The topological polar surface area (TPSA) is 71.1 Å². The molecule has 0 fully saturated rings. The van der Waals surface area contributed by atoms with Gasteiger partial charge in [0, 0.05) is 30.2 Å². The summed E-state index contributed by atoms with van der Waals surface area (Å²) < 4.78 is 0. The zero-order chi connectivity index (χ0) is 15.9. The van der Waals surface area contributed by atoms with Gasteiger partial charge in [0.1, 0.15) is 0 Å². The van der Waals surface area contributed by atoms with Crippen LogP contribution in [0, 0.1) is 0 Å². The van der Waals surface area contributed by atoms with Crippen LogP contribution < -0.4 is 10.6 Å². The molecule has 0 radical (unpaired) electrons. The Labute approximate surface area is 129 Å². The highest BCUT2D eigenvalue weighted by Crippen LogP contribution is 2.14. The molecule has 0 unspecified atom stereocenters. The van der Waals surface area contributed by atoms with E-state index in [1.165, 1.54) is 13.1 Å². The highest BCUT2D eigenvalue weighted by atomic mass is 16.1. The average molecular weight is 297 g/mol. The van der Waals surface area contributed by atoms with Crippen LogP contribution in [0.5, 0.6) is 0 Å². The van der Waals surface area contributed by atoms with Crippen LogP contribution in [0.4, 0.5) is 11.4 Å². The number of pyridine rings is 1. The molecule has 0 atom stereocenters. The van der Waals surface area contributed by atoms with Gasteiger partial charge in [-0.25, -0.2) is 0 Å². The molecule has 0 bridgehead atoms. The van der Waals surface area contributed by atoms with E-state index >= 15 is 0 Å². The maximum atomic E-state index is 12.3.